The van der Waals surface area contributed by atoms with Gasteiger partial charge in [0.1, 0.15) is 17.9 Å². The zero-order valence-corrected chi connectivity index (χ0v) is 14.8. The highest BCUT2D eigenvalue weighted by Gasteiger charge is 2.16. The highest BCUT2D eigenvalue weighted by atomic mass is 16.5. The molecule has 0 aliphatic carbocycles. The van der Waals surface area contributed by atoms with Gasteiger partial charge in [-0.25, -0.2) is 0 Å². The third kappa shape index (κ3) is 4.46. The molecule has 0 aliphatic rings. The van der Waals surface area contributed by atoms with E-state index in [4.69, 9.17) is 4.74 Å². The number of hydrogen-bond acceptors (Lipinski definition) is 5. The number of anilines is 1. The Morgan fingerprint density at radius 3 is 2.73 bits per heavy atom. The van der Waals surface area contributed by atoms with Gasteiger partial charge in [-0.15, -0.1) is 0 Å². The fourth-order valence-corrected chi connectivity index (χ4v) is 2.34. The van der Waals surface area contributed by atoms with Crippen molar-refractivity contribution >= 4 is 23.5 Å². The number of benzene rings is 1. The zero-order chi connectivity index (χ0) is 19.3. The van der Waals surface area contributed by atoms with Crippen molar-refractivity contribution in [3.8, 4) is 5.75 Å². The minimum Gasteiger partial charge on any atom is -0.507 e. The van der Waals surface area contributed by atoms with Crippen LogP contribution in [0.4, 0.5) is 5.69 Å². The molecular formula is C19H20N2O5. The molecule has 1 aromatic heterocycles. The average Bonchev–Trinajstić information content (AvgIpc) is 2.58. The number of nitrogens with zero attached hydrogens (tertiary/aromatic N) is 1. The van der Waals surface area contributed by atoms with Gasteiger partial charge in [-0.3, -0.25) is 14.4 Å². The van der Waals surface area contributed by atoms with Gasteiger partial charge in [-0.1, -0.05) is 18.2 Å². The number of carbonyl (C=O) groups excluding carboxylic acids is 2. The van der Waals surface area contributed by atoms with E-state index in [2.05, 4.69) is 5.32 Å². The lowest BCUT2D eigenvalue weighted by atomic mass is 10.1. The molecule has 1 heterocycles. The van der Waals surface area contributed by atoms with Gasteiger partial charge in [0.25, 0.3) is 5.56 Å². The summed E-state index contributed by atoms with van der Waals surface area (Å²) in [7, 11) is 2.96. The highest BCUT2D eigenvalue weighted by Crippen LogP contribution is 2.17. The molecule has 0 radical (unpaired) electrons. The van der Waals surface area contributed by atoms with E-state index >= 15 is 0 Å². The maximum Gasteiger partial charge on any atom is 0.265 e. The number of aromatic hydroxyl groups is 1. The second-order valence-corrected chi connectivity index (χ2v) is 5.71. The van der Waals surface area contributed by atoms with Crippen LogP contribution in [0.3, 0.4) is 0 Å². The van der Waals surface area contributed by atoms with E-state index in [1.807, 2.05) is 0 Å². The number of rotatable bonds is 6. The summed E-state index contributed by atoms with van der Waals surface area (Å²) in [5.41, 5.74) is 0.914. The molecule has 2 aromatic rings. The summed E-state index contributed by atoms with van der Waals surface area (Å²) in [5.74, 6) is -1.24. The second-order valence-electron chi connectivity index (χ2n) is 5.71. The normalized spacial score (nSPS) is 10.9. The van der Waals surface area contributed by atoms with E-state index in [1.165, 1.54) is 36.9 Å². The molecule has 2 N–H and O–H groups in total. The summed E-state index contributed by atoms with van der Waals surface area (Å²) in [5, 5.41) is 12.6. The number of pyridine rings is 1. The van der Waals surface area contributed by atoms with Crippen molar-refractivity contribution in [1.82, 2.24) is 4.57 Å². The Morgan fingerprint density at radius 2 is 2.04 bits per heavy atom. The molecule has 0 fully saturated rings. The fourth-order valence-electron chi connectivity index (χ4n) is 2.34. The maximum atomic E-state index is 12.3. The highest BCUT2D eigenvalue weighted by molar-refractivity contribution is 6.08. The van der Waals surface area contributed by atoms with Crippen molar-refractivity contribution in [3.63, 3.8) is 0 Å². The zero-order valence-electron chi connectivity index (χ0n) is 14.8. The van der Waals surface area contributed by atoms with Gasteiger partial charge >= 0.3 is 0 Å². The Morgan fingerprint density at radius 1 is 1.31 bits per heavy atom. The summed E-state index contributed by atoms with van der Waals surface area (Å²) >= 11 is 0. The molecule has 0 unspecified atom stereocenters. The van der Waals surface area contributed by atoms with Crippen molar-refractivity contribution in [3.05, 3.63) is 63.6 Å². The first kappa shape index (κ1) is 19.1. The largest absolute Gasteiger partial charge is 0.507 e. The third-order valence-corrected chi connectivity index (χ3v) is 3.77. The lowest BCUT2D eigenvalue weighted by molar-refractivity contribution is -0.119. The molecule has 0 spiro atoms. The first-order chi connectivity index (χ1) is 12.3. The molecule has 0 aliphatic heterocycles. The van der Waals surface area contributed by atoms with Crippen LogP contribution in [0.15, 0.2) is 41.2 Å². The van der Waals surface area contributed by atoms with Crippen LogP contribution >= 0.6 is 0 Å². The quantitative estimate of drug-likeness (QED) is 0.608. The molecule has 1 aromatic carbocycles. The van der Waals surface area contributed by atoms with Crippen LogP contribution in [0, 0.1) is 6.92 Å². The van der Waals surface area contributed by atoms with Gasteiger partial charge < -0.3 is 19.7 Å². The molecule has 0 bridgehead atoms. The van der Waals surface area contributed by atoms with Gasteiger partial charge in [0.2, 0.25) is 5.91 Å². The topological polar surface area (TPSA) is 97.6 Å². The van der Waals surface area contributed by atoms with Gasteiger partial charge in [0.15, 0.2) is 5.78 Å². The van der Waals surface area contributed by atoms with Crippen molar-refractivity contribution < 1.29 is 19.4 Å². The minimum atomic E-state index is -0.600. The molecule has 7 heteroatoms. The van der Waals surface area contributed by atoms with E-state index in [1.54, 1.807) is 31.2 Å². The molecule has 2 rings (SSSR count). The van der Waals surface area contributed by atoms with Gasteiger partial charge in [-0.05, 0) is 30.7 Å². The Labute approximate surface area is 150 Å². The molecular weight excluding hydrogens is 336 g/mol. The van der Waals surface area contributed by atoms with Crippen molar-refractivity contribution in [2.24, 2.45) is 7.05 Å². The average molecular weight is 356 g/mol. The SMILES string of the molecule is COCC(=O)Nc1cccc(/C=C/C(=O)c2c(O)cc(C)n(C)c2=O)c1. The summed E-state index contributed by atoms with van der Waals surface area (Å²) in [4.78, 5) is 36.0. The number of nitrogens with one attached hydrogen (secondary N) is 1. The summed E-state index contributed by atoms with van der Waals surface area (Å²) < 4.78 is 6.05. The number of aromatic nitrogens is 1. The molecule has 0 saturated heterocycles. The van der Waals surface area contributed by atoms with Crippen molar-refractivity contribution in [2.75, 3.05) is 19.0 Å². The molecule has 1 amide bonds. The Bertz CT molecular complexity index is 928. The monoisotopic (exact) mass is 356 g/mol. The minimum absolute atomic E-state index is 0.0610. The maximum absolute atomic E-state index is 12.3. The first-order valence-electron chi connectivity index (χ1n) is 7.84. The number of ether oxygens (including phenoxy) is 1. The van der Waals surface area contributed by atoms with E-state index in [9.17, 15) is 19.5 Å². The Kier molecular flexibility index (Phi) is 6.08. The van der Waals surface area contributed by atoms with Crippen LogP contribution in [0.1, 0.15) is 21.6 Å². The number of methoxy groups -OCH3 is 1. The predicted molar refractivity (Wildman–Crippen MR) is 98.4 cm³/mol. The van der Waals surface area contributed by atoms with E-state index in [0.29, 0.717) is 16.9 Å². The first-order valence-corrected chi connectivity index (χ1v) is 7.84. The molecule has 7 nitrogen and oxygen atoms in total. The van der Waals surface area contributed by atoms with Crippen LogP contribution in [0.5, 0.6) is 5.75 Å². The number of hydrogen-bond donors (Lipinski definition) is 2. The lowest BCUT2D eigenvalue weighted by Gasteiger charge is -2.07. The van der Waals surface area contributed by atoms with E-state index in [0.717, 1.165) is 0 Å². The Hall–Kier alpha value is -3.19. The van der Waals surface area contributed by atoms with Crippen LogP contribution in [-0.4, -0.2) is 35.1 Å². The Balaban J connectivity index is 2.23. The van der Waals surface area contributed by atoms with Crippen LogP contribution in [-0.2, 0) is 16.6 Å². The van der Waals surface area contributed by atoms with Crippen LogP contribution < -0.4 is 10.9 Å². The predicted octanol–water partition coefficient (Wildman–Crippen LogP) is 1.88. The number of carbonyl (C=O) groups is 2. The third-order valence-electron chi connectivity index (χ3n) is 3.77. The van der Waals surface area contributed by atoms with Gasteiger partial charge in [-0.2, -0.15) is 0 Å². The van der Waals surface area contributed by atoms with Gasteiger partial charge in [0.05, 0.1) is 0 Å². The van der Waals surface area contributed by atoms with E-state index in [-0.39, 0.29) is 23.8 Å². The summed E-state index contributed by atoms with van der Waals surface area (Å²) in [6.45, 7) is 1.60. The molecule has 26 heavy (non-hydrogen) atoms. The van der Waals surface area contributed by atoms with Crippen molar-refractivity contribution in [2.45, 2.75) is 6.92 Å². The summed E-state index contributed by atoms with van der Waals surface area (Å²) in [6.07, 6.45) is 2.72. The lowest BCUT2D eigenvalue weighted by Crippen LogP contribution is -2.25. The van der Waals surface area contributed by atoms with Crippen LogP contribution in [0.2, 0.25) is 0 Å². The molecule has 0 atom stereocenters. The molecule has 136 valence electrons. The van der Waals surface area contributed by atoms with Crippen molar-refractivity contribution in [1.29, 1.82) is 0 Å². The van der Waals surface area contributed by atoms with Gasteiger partial charge in [0, 0.05) is 31.6 Å². The number of aryl methyl sites for hydroxylation is 1. The second kappa shape index (κ2) is 8.26. The fraction of sp³-hybridized carbons (Fsp3) is 0.211. The summed E-state index contributed by atoms with van der Waals surface area (Å²) in [6, 6.07) is 8.20. The molecule has 0 saturated carbocycles. The number of amides is 1. The van der Waals surface area contributed by atoms with Crippen LogP contribution in [0.25, 0.3) is 6.08 Å². The number of ketones is 1. The van der Waals surface area contributed by atoms with E-state index < -0.39 is 11.3 Å². The smallest absolute Gasteiger partial charge is 0.265 e. The standard InChI is InChI=1S/C19H20N2O5/c1-12-9-16(23)18(19(25)21(12)2)15(22)8-7-13-5-4-6-14(10-13)20-17(24)11-26-3/h4-10,23H,11H2,1-3H3,(H,20,24)/b8-7+. The number of allylic oxidation sites excluding steroid dienone is 1.